The van der Waals surface area contributed by atoms with E-state index in [1.54, 1.807) is 6.07 Å². The minimum Gasteiger partial charge on any atom is -0.370 e. The molecule has 39 heavy (non-hydrogen) atoms. The lowest BCUT2D eigenvalue weighted by atomic mass is 9.84. The predicted octanol–water partition coefficient (Wildman–Crippen LogP) is -2.42. The number of amides is 4. The van der Waals surface area contributed by atoms with Gasteiger partial charge < -0.3 is 41.7 Å². The van der Waals surface area contributed by atoms with E-state index in [-0.39, 0.29) is 37.5 Å². The van der Waals surface area contributed by atoms with Crippen LogP contribution in [0.2, 0.25) is 0 Å². The average Bonchev–Trinajstić information content (AvgIpc) is 3.47. The molecule has 14 nitrogen and oxygen atoms in total. The van der Waals surface area contributed by atoms with E-state index in [1.165, 1.54) is 28.8 Å². The van der Waals surface area contributed by atoms with Crippen molar-refractivity contribution < 1.29 is 24.6 Å². The smallest absolute Gasteiger partial charge is 0.327 e. The number of fused-ring (bicyclic) bond motifs is 1. The fraction of sp³-hybridized carbons (Fsp3) is 0.560. The topological polar surface area (TPSA) is 193 Å². The molecule has 6 rings (SSSR count). The second-order valence-corrected chi connectivity index (χ2v) is 11.0. The van der Waals surface area contributed by atoms with Crippen molar-refractivity contribution in [2.45, 2.75) is 55.3 Å². The maximum atomic E-state index is 13.8. The van der Waals surface area contributed by atoms with Crippen LogP contribution in [-0.2, 0) is 17.6 Å². The molecule has 4 atom stereocenters. The van der Waals surface area contributed by atoms with Gasteiger partial charge in [0.25, 0.3) is 5.91 Å². The molecule has 2 saturated heterocycles. The number of hydrogen-bond acceptors (Lipinski definition) is 11. The molecule has 0 radical (unpaired) electrons. The molecule has 208 valence electrons. The Hall–Kier alpha value is -3.91. The second-order valence-electron chi connectivity index (χ2n) is 11.0. The van der Waals surface area contributed by atoms with Gasteiger partial charge in [0.05, 0.1) is 12.6 Å². The first kappa shape index (κ1) is 25.4. The number of rotatable bonds is 4. The molecule has 14 heteroatoms. The molecular formula is C25H33N9O5. The minimum absolute atomic E-state index is 0.0472. The molecule has 0 saturated carbocycles. The summed E-state index contributed by atoms with van der Waals surface area (Å²) in [7, 11) is 3.04. The highest BCUT2D eigenvalue weighted by atomic mass is 16.5. The molecule has 1 spiro atoms. The molecule has 0 bridgehead atoms. The van der Waals surface area contributed by atoms with Crippen molar-refractivity contribution in [3.05, 3.63) is 34.9 Å². The first-order valence-electron chi connectivity index (χ1n) is 13.1. The maximum Gasteiger partial charge on any atom is 0.327 e. The van der Waals surface area contributed by atoms with Crippen LogP contribution >= 0.6 is 0 Å². The van der Waals surface area contributed by atoms with Gasteiger partial charge in [-0.05, 0) is 42.9 Å². The second kappa shape index (κ2) is 8.55. The van der Waals surface area contributed by atoms with Crippen molar-refractivity contribution in [3.8, 4) is 0 Å². The van der Waals surface area contributed by atoms with Crippen molar-refractivity contribution in [1.29, 1.82) is 0 Å². The highest BCUT2D eigenvalue weighted by molar-refractivity contribution is 6.02. The number of aliphatic imine (C=N–C) groups is 2. The zero-order chi connectivity index (χ0) is 27.9. The van der Waals surface area contributed by atoms with Crippen LogP contribution in [0.15, 0.2) is 28.2 Å². The summed E-state index contributed by atoms with van der Waals surface area (Å²) < 4.78 is 0. The summed E-state index contributed by atoms with van der Waals surface area (Å²) in [4.78, 5) is 52.9. The van der Waals surface area contributed by atoms with Gasteiger partial charge in [0, 0.05) is 26.2 Å². The van der Waals surface area contributed by atoms with Gasteiger partial charge in [-0.3, -0.25) is 14.5 Å². The molecule has 2 unspecified atom stereocenters. The number of imide groups is 1. The number of nitrogens with one attached hydrogen (secondary N) is 1. The summed E-state index contributed by atoms with van der Waals surface area (Å²) in [5.41, 5.74) is 13.3. The zero-order valence-corrected chi connectivity index (χ0v) is 21.9. The normalized spacial score (nSPS) is 30.9. The Morgan fingerprint density at radius 1 is 1.21 bits per heavy atom. The van der Waals surface area contributed by atoms with Crippen LogP contribution in [-0.4, -0.2) is 123 Å². The zero-order valence-electron chi connectivity index (χ0n) is 21.9. The van der Waals surface area contributed by atoms with E-state index >= 15 is 0 Å². The summed E-state index contributed by atoms with van der Waals surface area (Å²) in [6, 6.07) is 2.08. The number of aliphatic hydroxyl groups is 2. The van der Waals surface area contributed by atoms with E-state index in [1.807, 2.05) is 12.1 Å². The summed E-state index contributed by atoms with van der Waals surface area (Å²) >= 11 is 0. The third kappa shape index (κ3) is 3.44. The molecule has 0 aromatic heterocycles. The number of guanidine groups is 2. The molecule has 1 aromatic carbocycles. The Morgan fingerprint density at radius 2 is 1.95 bits per heavy atom. The van der Waals surface area contributed by atoms with E-state index in [0.717, 1.165) is 41.7 Å². The van der Waals surface area contributed by atoms with Crippen LogP contribution in [0.5, 0.6) is 0 Å². The van der Waals surface area contributed by atoms with Crippen LogP contribution in [0.4, 0.5) is 4.79 Å². The highest BCUT2D eigenvalue weighted by Crippen LogP contribution is 2.46. The molecule has 4 heterocycles. The third-order valence-corrected chi connectivity index (χ3v) is 8.79. The lowest BCUT2D eigenvalue weighted by Crippen LogP contribution is -2.78. The van der Waals surface area contributed by atoms with Gasteiger partial charge in [-0.15, -0.1) is 0 Å². The van der Waals surface area contributed by atoms with E-state index < -0.39 is 41.5 Å². The van der Waals surface area contributed by atoms with E-state index in [9.17, 15) is 24.6 Å². The van der Waals surface area contributed by atoms with Gasteiger partial charge in [-0.2, -0.15) is 0 Å². The minimum atomic E-state index is -2.60. The quantitative estimate of drug-likeness (QED) is 0.204. The van der Waals surface area contributed by atoms with Gasteiger partial charge in [-0.25, -0.2) is 14.8 Å². The third-order valence-electron chi connectivity index (χ3n) is 8.79. The Morgan fingerprint density at radius 3 is 2.67 bits per heavy atom. The molecule has 5 aliphatic rings. The summed E-state index contributed by atoms with van der Waals surface area (Å²) in [5.74, 6) is -3.47. The fourth-order valence-electron chi connectivity index (χ4n) is 6.81. The predicted molar refractivity (Wildman–Crippen MR) is 139 cm³/mol. The van der Waals surface area contributed by atoms with E-state index in [0.29, 0.717) is 5.56 Å². The van der Waals surface area contributed by atoms with Crippen molar-refractivity contribution >= 4 is 29.8 Å². The molecule has 1 aromatic rings. The number of carbonyl (C=O) groups excluding carboxylic acids is 3. The van der Waals surface area contributed by atoms with Crippen molar-refractivity contribution in [2.75, 3.05) is 33.7 Å². The van der Waals surface area contributed by atoms with Gasteiger partial charge in [0.1, 0.15) is 18.6 Å². The maximum absolute atomic E-state index is 13.8. The number of nitrogens with two attached hydrogens (primary N) is 2. The first-order chi connectivity index (χ1) is 18.5. The van der Waals surface area contributed by atoms with Crippen molar-refractivity contribution in [2.24, 2.45) is 21.5 Å². The molecule has 1 aliphatic carbocycles. The lowest BCUT2D eigenvalue weighted by Gasteiger charge is -2.49. The van der Waals surface area contributed by atoms with Gasteiger partial charge in [-0.1, -0.05) is 12.1 Å². The standard InChI is InChI=1S/C25H33N9O5/c1-31-12-18(35)33(23(31)37)10-16-19-24(30-21(26)29-19)25(38,39)17(11-34(24)22(27)28-16)32(2)20(36)15-9-5-7-13-6-3-4-8-14(13)15/h5,7,9,16-17,19,38-39H,3-4,6,8,10-12H2,1-2H3,(H2,27,28)(H3,26,29,30)/t16?,17?,19-,24-/m0/s1. The number of benzene rings is 1. The van der Waals surface area contributed by atoms with Crippen LogP contribution in [0.3, 0.4) is 0 Å². The highest BCUT2D eigenvalue weighted by Gasteiger charge is 2.74. The number of likely N-dealkylation sites (N-methyl/N-ethyl adjacent to an activating group) is 2. The van der Waals surface area contributed by atoms with Gasteiger partial charge >= 0.3 is 6.03 Å². The summed E-state index contributed by atoms with van der Waals surface area (Å²) in [5, 5.41) is 26.6. The number of hydrogen-bond donors (Lipinski definition) is 5. The number of aryl methyl sites for hydroxylation is 1. The molecule has 4 aliphatic heterocycles. The Kier molecular flexibility index (Phi) is 5.56. The van der Waals surface area contributed by atoms with Gasteiger partial charge in [0.15, 0.2) is 17.6 Å². The van der Waals surface area contributed by atoms with Crippen molar-refractivity contribution in [3.63, 3.8) is 0 Å². The molecule has 4 amide bonds. The number of urea groups is 1. The fourth-order valence-corrected chi connectivity index (χ4v) is 6.81. The molecular weight excluding hydrogens is 506 g/mol. The van der Waals surface area contributed by atoms with Crippen LogP contribution < -0.4 is 16.8 Å². The SMILES string of the molecule is CN1CC(=O)N(CC2N=C(N)N3CC(N(C)C(=O)c4cccc5c4CCCC5)C(O)(O)[C@@]34NC(N)=N[C@@H]24)C1=O. The molecule has 2 fully saturated rings. The van der Waals surface area contributed by atoms with Crippen LogP contribution in [0, 0.1) is 0 Å². The van der Waals surface area contributed by atoms with Crippen molar-refractivity contribution in [1.82, 2.24) is 24.9 Å². The Balaban J connectivity index is 1.34. The summed E-state index contributed by atoms with van der Waals surface area (Å²) in [6.07, 6.45) is 3.74. The Bertz CT molecular complexity index is 1330. The Labute approximate surface area is 224 Å². The number of nitrogens with zero attached hydrogens (tertiary/aromatic N) is 6. The van der Waals surface area contributed by atoms with Gasteiger partial charge in [0.2, 0.25) is 11.7 Å². The average molecular weight is 540 g/mol. The lowest BCUT2D eigenvalue weighted by molar-refractivity contribution is -0.240. The van der Waals surface area contributed by atoms with E-state index in [4.69, 9.17) is 11.5 Å². The molecule has 7 N–H and O–H groups in total. The largest absolute Gasteiger partial charge is 0.370 e. The monoisotopic (exact) mass is 539 g/mol. The number of carbonyl (C=O) groups is 3. The van der Waals surface area contributed by atoms with Crippen LogP contribution in [0.25, 0.3) is 0 Å². The van der Waals surface area contributed by atoms with Crippen LogP contribution in [0.1, 0.15) is 34.3 Å². The summed E-state index contributed by atoms with van der Waals surface area (Å²) in [6.45, 7) is -0.311. The first-order valence-corrected chi connectivity index (χ1v) is 13.1. The van der Waals surface area contributed by atoms with E-state index in [2.05, 4.69) is 15.3 Å².